The van der Waals surface area contributed by atoms with Crippen LogP contribution in [-0.4, -0.2) is 45.1 Å². The van der Waals surface area contributed by atoms with Crippen LogP contribution in [0.5, 0.6) is 0 Å². The third-order valence-corrected chi connectivity index (χ3v) is 4.17. The van der Waals surface area contributed by atoms with Gasteiger partial charge in [0.15, 0.2) is 5.82 Å². The van der Waals surface area contributed by atoms with Crippen LogP contribution in [0.4, 0.5) is 0 Å². The number of benzene rings is 1. The first-order chi connectivity index (χ1) is 9.15. The number of aliphatic hydroxyl groups excluding tert-OH is 1. The molecule has 0 bridgehead atoms. The Morgan fingerprint density at radius 3 is 2.89 bits per heavy atom. The number of aromatic nitrogens is 2. The molecule has 0 spiro atoms. The molecule has 2 aromatic rings. The van der Waals surface area contributed by atoms with Gasteiger partial charge < -0.3 is 15.4 Å². The van der Waals surface area contributed by atoms with Gasteiger partial charge in [0, 0.05) is 11.3 Å². The van der Waals surface area contributed by atoms with Crippen LogP contribution in [0.25, 0.3) is 11.0 Å². The summed E-state index contributed by atoms with van der Waals surface area (Å²) in [6.07, 6.45) is 1.91. The number of nitrogens with one attached hydrogen (secondary N) is 2. The van der Waals surface area contributed by atoms with E-state index in [1.807, 2.05) is 37.4 Å². The zero-order valence-corrected chi connectivity index (χ0v) is 11.7. The zero-order valence-electron chi connectivity index (χ0n) is 10.9. The second-order valence-electron chi connectivity index (χ2n) is 4.32. The standard InChI is InChI=1S/C13H17N3O2S/c1-8(11(7-17)19-2)14-13(18)12-15-9-5-3-4-6-10(9)16-12/h3-6,8,11,17H,7H2,1-2H3,(H,14,18)(H,15,16). The largest absolute Gasteiger partial charge is 0.395 e. The number of carbonyl (C=O) groups is 1. The summed E-state index contributed by atoms with van der Waals surface area (Å²) in [6.45, 7) is 1.90. The van der Waals surface area contributed by atoms with E-state index in [1.165, 1.54) is 11.8 Å². The first-order valence-corrected chi connectivity index (χ1v) is 7.33. The van der Waals surface area contributed by atoms with Gasteiger partial charge in [-0.15, -0.1) is 0 Å². The number of H-pyrrole nitrogens is 1. The maximum Gasteiger partial charge on any atom is 0.287 e. The molecular formula is C13H17N3O2S. The number of aliphatic hydroxyl groups is 1. The van der Waals surface area contributed by atoms with Gasteiger partial charge in [-0.3, -0.25) is 4.79 Å². The van der Waals surface area contributed by atoms with Crippen molar-refractivity contribution in [3.8, 4) is 0 Å². The molecule has 3 N–H and O–H groups in total. The molecule has 0 fully saturated rings. The molecule has 2 rings (SSSR count). The van der Waals surface area contributed by atoms with Crippen molar-refractivity contribution in [3.63, 3.8) is 0 Å². The molecule has 0 saturated heterocycles. The molecule has 0 aliphatic carbocycles. The number of amides is 1. The van der Waals surface area contributed by atoms with Gasteiger partial charge in [-0.2, -0.15) is 11.8 Å². The Balaban J connectivity index is 2.11. The van der Waals surface area contributed by atoms with Gasteiger partial charge in [0.05, 0.1) is 17.6 Å². The molecule has 5 nitrogen and oxygen atoms in total. The van der Waals surface area contributed by atoms with Crippen LogP contribution in [0.2, 0.25) is 0 Å². The molecule has 19 heavy (non-hydrogen) atoms. The highest BCUT2D eigenvalue weighted by Gasteiger charge is 2.19. The van der Waals surface area contributed by atoms with Gasteiger partial charge >= 0.3 is 0 Å². The number of rotatable bonds is 5. The minimum Gasteiger partial charge on any atom is -0.395 e. The fourth-order valence-corrected chi connectivity index (χ4v) is 2.49. The van der Waals surface area contributed by atoms with Crippen molar-refractivity contribution in [1.82, 2.24) is 15.3 Å². The lowest BCUT2D eigenvalue weighted by Gasteiger charge is -2.20. The molecule has 0 saturated carbocycles. The molecule has 0 radical (unpaired) electrons. The topological polar surface area (TPSA) is 78.0 Å². The van der Waals surface area contributed by atoms with Crippen LogP contribution in [0.15, 0.2) is 24.3 Å². The van der Waals surface area contributed by atoms with Crippen LogP contribution >= 0.6 is 11.8 Å². The van der Waals surface area contributed by atoms with E-state index in [0.717, 1.165) is 11.0 Å². The molecule has 2 unspecified atom stereocenters. The van der Waals surface area contributed by atoms with Crippen molar-refractivity contribution in [3.05, 3.63) is 30.1 Å². The van der Waals surface area contributed by atoms with Crippen LogP contribution in [0.3, 0.4) is 0 Å². The monoisotopic (exact) mass is 279 g/mol. The van der Waals surface area contributed by atoms with E-state index in [0.29, 0.717) is 5.82 Å². The first-order valence-electron chi connectivity index (χ1n) is 6.05. The Morgan fingerprint density at radius 1 is 1.53 bits per heavy atom. The Morgan fingerprint density at radius 2 is 2.26 bits per heavy atom. The second-order valence-corrected chi connectivity index (χ2v) is 5.40. The van der Waals surface area contributed by atoms with Crippen LogP contribution in [-0.2, 0) is 0 Å². The molecule has 6 heteroatoms. The summed E-state index contributed by atoms with van der Waals surface area (Å²) in [5.74, 6) is 0.0436. The van der Waals surface area contributed by atoms with Gasteiger partial charge in [0.2, 0.25) is 0 Å². The van der Waals surface area contributed by atoms with E-state index in [-0.39, 0.29) is 23.8 Å². The van der Waals surface area contributed by atoms with E-state index in [4.69, 9.17) is 0 Å². The summed E-state index contributed by atoms with van der Waals surface area (Å²) >= 11 is 1.52. The predicted octanol–water partition coefficient (Wildman–Crippen LogP) is 1.41. The lowest BCUT2D eigenvalue weighted by molar-refractivity contribution is 0.0926. The van der Waals surface area contributed by atoms with Gasteiger partial charge in [-0.1, -0.05) is 12.1 Å². The molecule has 1 heterocycles. The number of imidazole rings is 1. The first kappa shape index (κ1) is 13.9. The van der Waals surface area contributed by atoms with Crippen molar-refractivity contribution < 1.29 is 9.90 Å². The molecule has 1 amide bonds. The fourth-order valence-electron chi connectivity index (χ4n) is 1.87. The van der Waals surface area contributed by atoms with Crippen LogP contribution in [0.1, 0.15) is 17.5 Å². The number of aromatic amines is 1. The molecule has 0 aliphatic heterocycles. The second kappa shape index (κ2) is 6.08. The van der Waals surface area contributed by atoms with Crippen molar-refractivity contribution in [2.75, 3.05) is 12.9 Å². The summed E-state index contributed by atoms with van der Waals surface area (Å²) in [7, 11) is 0. The molecular weight excluding hydrogens is 262 g/mol. The van der Waals surface area contributed by atoms with Gasteiger partial charge in [0.1, 0.15) is 0 Å². The highest BCUT2D eigenvalue weighted by molar-refractivity contribution is 7.99. The Hall–Kier alpha value is -1.53. The Bertz CT molecular complexity index is 533. The van der Waals surface area contributed by atoms with E-state index >= 15 is 0 Å². The smallest absolute Gasteiger partial charge is 0.287 e. The molecule has 2 atom stereocenters. The van der Waals surface area contributed by atoms with Crippen LogP contribution < -0.4 is 5.32 Å². The van der Waals surface area contributed by atoms with Crippen LogP contribution in [0, 0.1) is 0 Å². The van der Waals surface area contributed by atoms with Crippen molar-refractivity contribution in [1.29, 1.82) is 0 Å². The summed E-state index contributed by atoms with van der Waals surface area (Å²) < 4.78 is 0. The number of carbonyl (C=O) groups excluding carboxylic acids is 1. The van der Waals surface area contributed by atoms with Gasteiger partial charge in [-0.05, 0) is 25.3 Å². The maximum absolute atomic E-state index is 12.1. The Kier molecular flexibility index (Phi) is 4.44. The van der Waals surface area contributed by atoms with Crippen molar-refractivity contribution in [2.24, 2.45) is 0 Å². The average Bonchev–Trinajstić information content (AvgIpc) is 2.84. The number of nitrogens with zero attached hydrogens (tertiary/aromatic N) is 1. The van der Waals surface area contributed by atoms with E-state index in [9.17, 15) is 9.90 Å². The quantitative estimate of drug-likeness (QED) is 0.773. The summed E-state index contributed by atoms with van der Waals surface area (Å²) in [5.41, 5.74) is 1.60. The summed E-state index contributed by atoms with van der Waals surface area (Å²) in [4.78, 5) is 19.3. The minimum atomic E-state index is -0.254. The molecule has 102 valence electrons. The number of thioether (sulfide) groups is 1. The number of fused-ring (bicyclic) bond motifs is 1. The number of hydrogen-bond donors (Lipinski definition) is 3. The third-order valence-electron chi connectivity index (χ3n) is 3.00. The van der Waals surface area contributed by atoms with Crippen molar-refractivity contribution >= 4 is 28.7 Å². The lowest BCUT2D eigenvalue weighted by atomic mass is 10.2. The summed E-state index contributed by atoms with van der Waals surface area (Å²) in [6, 6.07) is 7.37. The lowest BCUT2D eigenvalue weighted by Crippen LogP contribution is -2.41. The van der Waals surface area contributed by atoms with E-state index in [2.05, 4.69) is 15.3 Å². The number of para-hydroxylation sites is 2. The van der Waals surface area contributed by atoms with Crippen molar-refractivity contribution in [2.45, 2.75) is 18.2 Å². The fraction of sp³-hybridized carbons (Fsp3) is 0.385. The van der Waals surface area contributed by atoms with E-state index < -0.39 is 0 Å². The van der Waals surface area contributed by atoms with Gasteiger partial charge in [0.25, 0.3) is 5.91 Å². The Labute approximate surface area is 115 Å². The number of hydrogen-bond acceptors (Lipinski definition) is 4. The SMILES string of the molecule is CSC(CO)C(C)NC(=O)c1nc2ccccc2[nH]1. The average molecular weight is 279 g/mol. The minimum absolute atomic E-state index is 0.0201. The van der Waals surface area contributed by atoms with E-state index in [1.54, 1.807) is 0 Å². The molecule has 1 aromatic heterocycles. The normalized spacial score (nSPS) is 14.3. The molecule has 1 aromatic carbocycles. The zero-order chi connectivity index (χ0) is 13.8. The highest BCUT2D eigenvalue weighted by atomic mass is 32.2. The highest BCUT2D eigenvalue weighted by Crippen LogP contribution is 2.12. The summed E-state index contributed by atoms with van der Waals surface area (Å²) in [5, 5.41) is 12.0. The molecule has 0 aliphatic rings. The third kappa shape index (κ3) is 3.08. The maximum atomic E-state index is 12.1. The predicted molar refractivity (Wildman–Crippen MR) is 77.4 cm³/mol. The van der Waals surface area contributed by atoms with Gasteiger partial charge in [-0.25, -0.2) is 4.98 Å².